The molecule has 2 heterocycles. The topological polar surface area (TPSA) is 108 Å². The van der Waals surface area contributed by atoms with Crippen molar-refractivity contribution >= 4 is 11.9 Å². The lowest BCUT2D eigenvalue weighted by atomic mass is 9.99. The predicted molar refractivity (Wildman–Crippen MR) is 138 cm³/mol. The standard InChI is InChI=1S/C29H38N2O6/c32-20-22-9-11-23(12-10-22)26-17-25(19-31-15-2-1-3-16-31)36-29(37-26)24-13-7-21(8-14-24)18-30-27(33)5-4-6-28(34)35/h7-14,25-26,29,32H,1-6,15-20H2,(H,30,33)(H,34,35)/t25-,26+,29+/m1/s1. The average Bonchev–Trinajstić information content (AvgIpc) is 2.92. The maximum absolute atomic E-state index is 12.0. The third-order valence-corrected chi connectivity index (χ3v) is 7.06. The van der Waals surface area contributed by atoms with Gasteiger partial charge in [-0.15, -0.1) is 0 Å². The molecule has 2 aromatic rings. The smallest absolute Gasteiger partial charge is 0.303 e. The number of carboxylic acids is 1. The number of rotatable bonds is 11. The van der Waals surface area contributed by atoms with Crippen LogP contribution in [0, 0.1) is 0 Å². The van der Waals surface area contributed by atoms with Gasteiger partial charge in [0.2, 0.25) is 5.91 Å². The molecule has 3 atom stereocenters. The van der Waals surface area contributed by atoms with Crippen LogP contribution in [0.15, 0.2) is 48.5 Å². The van der Waals surface area contributed by atoms with Crippen molar-refractivity contribution in [3.05, 3.63) is 70.8 Å². The van der Waals surface area contributed by atoms with E-state index in [1.165, 1.54) is 19.3 Å². The fraction of sp³-hybridized carbons (Fsp3) is 0.517. The van der Waals surface area contributed by atoms with Crippen molar-refractivity contribution in [2.45, 2.75) is 76.6 Å². The van der Waals surface area contributed by atoms with E-state index in [0.717, 1.165) is 48.3 Å². The van der Waals surface area contributed by atoms with Gasteiger partial charge in [-0.2, -0.15) is 0 Å². The number of ether oxygens (including phenoxy) is 2. The van der Waals surface area contributed by atoms with Crippen LogP contribution in [0.3, 0.4) is 0 Å². The highest BCUT2D eigenvalue weighted by Crippen LogP contribution is 2.38. The minimum Gasteiger partial charge on any atom is -0.481 e. The van der Waals surface area contributed by atoms with Gasteiger partial charge in [-0.1, -0.05) is 55.0 Å². The van der Waals surface area contributed by atoms with Crippen LogP contribution >= 0.6 is 0 Å². The first-order valence-corrected chi connectivity index (χ1v) is 13.3. The molecule has 2 fully saturated rings. The summed E-state index contributed by atoms with van der Waals surface area (Å²) in [5, 5.41) is 21.0. The fourth-order valence-corrected chi connectivity index (χ4v) is 4.94. The summed E-state index contributed by atoms with van der Waals surface area (Å²) in [5.41, 5.74) is 3.84. The molecule has 0 spiro atoms. The number of aliphatic carboxylic acids is 1. The van der Waals surface area contributed by atoms with Crippen molar-refractivity contribution in [1.82, 2.24) is 10.2 Å². The largest absolute Gasteiger partial charge is 0.481 e. The number of amides is 1. The third kappa shape index (κ3) is 8.36. The first kappa shape index (κ1) is 27.3. The van der Waals surface area contributed by atoms with Crippen LogP contribution in [0.5, 0.6) is 0 Å². The Hall–Kier alpha value is -2.78. The molecule has 200 valence electrons. The Labute approximate surface area is 218 Å². The second kappa shape index (κ2) is 13.7. The molecular formula is C29H38N2O6. The molecule has 8 nitrogen and oxygen atoms in total. The van der Waals surface area contributed by atoms with Gasteiger partial charge in [-0.05, 0) is 49.0 Å². The molecule has 0 saturated carbocycles. The summed E-state index contributed by atoms with van der Waals surface area (Å²) in [5.74, 6) is -1.04. The number of piperidine rings is 1. The number of nitrogens with zero attached hydrogens (tertiary/aromatic N) is 1. The third-order valence-electron chi connectivity index (χ3n) is 7.06. The maximum Gasteiger partial charge on any atom is 0.303 e. The second-order valence-electron chi connectivity index (χ2n) is 9.98. The Morgan fingerprint density at radius 1 is 0.892 bits per heavy atom. The molecule has 8 heteroatoms. The van der Waals surface area contributed by atoms with Crippen LogP contribution in [-0.2, 0) is 32.2 Å². The van der Waals surface area contributed by atoms with E-state index in [1.54, 1.807) is 0 Å². The first-order valence-electron chi connectivity index (χ1n) is 13.3. The van der Waals surface area contributed by atoms with Crippen molar-refractivity contribution in [2.75, 3.05) is 19.6 Å². The second-order valence-corrected chi connectivity index (χ2v) is 9.98. The van der Waals surface area contributed by atoms with Crippen LogP contribution in [0.4, 0.5) is 0 Å². The Kier molecular flexibility index (Phi) is 10.1. The molecular weight excluding hydrogens is 472 g/mol. The number of benzene rings is 2. The monoisotopic (exact) mass is 510 g/mol. The highest BCUT2D eigenvalue weighted by molar-refractivity contribution is 5.76. The lowest BCUT2D eigenvalue weighted by Crippen LogP contribution is -2.41. The first-order chi connectivity index (χ1) is 18.0. The molecule has 0 aliphatic carbocycles. The van der Waals surface area contributed by atoms with Gasteiger partial charge in [0.1, 0.15) is 0 Å². The van der Waals surface area contributed by atoms with Gasteiger partial charge in [0, 0.05) is 37.9 Å². The minimum absolute atomic E-state index is 0.00513. The van der Waals surface area contributed by atoms with Crippen molar-refractivity contribution in [1.29, 1.82) is 0 Å². The fourth-order valence-electron chi connectivity index (χ4n) is 4.94. The number of hydrogen-bond donors (Lipinski definition) is 3. The average molecular weight is 511 g/mol. The molecule has 0 unspecified atom stereocenters. The molecule has 0 radical (unpaired) electrons. The van der Waals surface area contributed by atoms with E-state index in [-0.39, 0.29) is 37.6 Å². The van der Waals surface area contributed by atoms with Gasteiger partial charge >= 0.3 is 5.97 Å². The number of aliphatic hydroxyl groups excluding tert-OH is 1. The van der Waals surface area contributed by atoms with Crippen LogP contribution < -0.4 is 5.32 Å². The molecule has 1 amide bonds. The van der Waals surface area contributed by atoms with Gasteiger partial charge in [-0.25, -0.2) is 0 Å². The van der Waals surface area contributed by atoms with E-state index < -0.39 is 12.3 Å². The Balaban J connectivity index is 1.39. The lowest BCUT2D eigenvalue weighted by Gasteiger charge is -2.39. The van der Waals surface area contributed by atoms with Gasteiger partial charge in [0.25, 0.3) is 0 Å². The number of carbonyl (C=O) groups is 2. The quantitative estimate of drug-likeness (QED) is 0.418. The predicted octanol–water partition coefficient (Wildman–Crippen LogP) is 4.08. The van der Waals surface area contributed by atoms with Crippen LogP contribution in [-0.4, -0.2) is 52.7 Å². The maximum atomic E-state index is 12.0. The number of aliphatic hydroxyl groups is 1. The molecule has 2 aliphatic rings. The summed E-state index contributed by atoms with van der Waals surface area (Å²) in [7, 11) is 0. The zero-order chi connectivity index (χ0) is 26.0. The van der Waals surface area contributed by atoms with Crippen LogP contribution in [0.25, 0.3) is 0 Å². The molecule has 37 heavy (non-hydrogen) atoms. The number of nitrogens with one attached hydrogen (secondary N) is 1. The van der Waals surface area contributed by atoms with Crippen LogP contribution in [0.1, 0.15) is 79.6 Å². The highest BCUT2D eigenvalue weighted by atomic mass is 16.7. The van der Waals surface area contributed by atoms with E-state index >= 15 is 0 Å². The molecule has 2 saturated heterocycles. The molecule has 4 rings (SSSR count). The Morgan fingerprint density at radius 2 is 1.57 bits per heavy atom. The zero-order valence-corrected chi connectivity index (χ0v) is 21.3. The van der Waals surface area contributed by atoms with Crippen molar-refractivity contribution in [3.63, 3.8) is 0 Å². The SMILES string of the molecule is O=C(O)CCCC(=O)NCc1ccc([C@H]2O[C@@H](CN3CCCCC3)C[C@@H](c3ccc(CO)cc3)O2)cc1. The highest BCUT2D eigenvalue weighted by Gasteiger charge is 2.33. The van der Waals surface area contributed by atoms with E-state index in [4.69, 9.17) is 14.6 Å². The summed E-state index contributed by atoms with van der Waals surface area (Å²) in [4.78, 5) is 25.1. The van der Waals surface area contributed by atoms with Gasteiger partial charge in [0.05, 0.1) is 18.8 Å². The van der Waals surface area contributed by atoms with Crippen molar-refractivity contribution in [2.24, 2.45) is 0 Å². The molecule has 0 aromatic heterocycles. The van der Waals surface area contributed by atoms with Gasteiger partial charge in [-0.3, -0.25) is 9.59 Å². The summed E-state index contributed by atoms with van der Waals surface area (Å²) >= 11 is 0. The number of hydrogen-bond acceptors (Lipinski definition) is 6. The van der Waals surface area contributed by atoms with Crippen LogP contribution in [0.2, 0.25) is 0 Å². The minimum atomic E-state index is -0.891. The van der Waals surface area contributed by atoms with Crippen molar-refractivity contribution in [3.8, 4) is 0 Å². The summed E-state index contributed by atoms with van der Waals surface area (Å²) in [6, 6.07) is 15.8. The lowest BCUT2D eigenvalue weighted by molar-refractivity contribution is -0.253. The van der Waals surface area contributed by atoms with E-state index in [0.29, 0.717) is 13.0 Å². The van der Waals surface area contributed by atoms with Gasteiger partial charge < -0.3 is 29.9 Å². The number of carboxylic acid groups (broad SMARTS) is 1. The molecule has 2 aliphatic heterocycles. The number of likely N-dealkylation sites (tertiary alicyclic amines) is 1. The molecule has 2 aromatic carbocycles. The Bertz CT molecular complexity index is 1000. The van der Waals surface area contributed by atoms with E-state index in [9.17, 15) is 14.7 Å². The molecule has 3 N–H and O–H groups in total. The summed E-state index contributed by atoms with van der Waals surface area (Å²) < 4.78 is 12.9. The van der Waals surface area contributed by atoms with E-state index in [2.05, 4.69) is 10.2 Å². The zero-order valence-electron chi connectivity index (χ0n) is 21.3. The summed E-state index contributed by atoms with van der Waals surface area (Å²) in [6.45, 7) is 3.51. The van der Waals surface area contributed by atoms with Gasteiger partial charge in [0.15, 0.2) is 6.29 Å². The van der Waals surface area contributed by atoms with E-state index in [1.807, 2.05) is 48.5 Å². The molecule has 0 bridgehead atoms. The summed E-state index contributed by atoms with van der Waals surface area (Å²) in [6.07, 6.45) is 4.51. The van der Waals surface area contributed by atoms with Crippen molar-refractivity contribution < 1.29 is 29.3 Å². The Morgan fingerprint density at radius 3 is 2.24 bits per heavy atom. The number of carbonyl (C=O) groups excluding carboxylic acids is 1. The normalized spacial score (nSPS) is 22.5.